The zero-order chi connectivity index (χ0) is 22.2. The fraction of sp³-hybridized carbons (Fsp3) is 0.500. The van der Waals surface area contributed by atoms with Crippen LogP contribution >= 0.6 is 0 Å². The van der Waals surface area contributed by atoms with E-state index in [-0.39, 0.29) is 29.5 Å². The number of esters is 1. The lowest BCUT2D eigenvalue weighted by Gasteiger charge is -2.31. The molecule has 31 heavy (non-hydrogen) atoms. The fourth-order valence-electron chi connectivity index (χ4n) is 4.91. The molecule has 0 radical (unpaired) electrons. The van der Waals surface area contributed by atoms with Gasteiger partial charge in [0, 0.05) is 24.7 Å². The van der Waals surface area contributed by atoms with Crippen LogP contribution in [0.25, 0.3) is 0 Å². The Kier molecular flexibility index (Phi) is 5.98. The van der Waals surface area contributed by atoms with Gasteiger partial charge in [0.05, 0.1) is 26.2 Å². The monoisotopic (exact) mass is 424 g/mol. The quantitative estimate of drug-likeness (QED) is 0.571. The molecule has 5 nitrogen and oxygen atoms in total. The molecule has 0 saturated carbocycles. The molecule has 3 unspecified atom stereocenters. The maximum absolute atomic E-state index is 11.6. The number of methoxy groups -OCH3 is 2. The van der Waals surface area contributed by atoms with Crippen molar-refractivity contribution in [1.29, 1.82) is 0 Å². The predicted octanol–water partition coefficient (Wildman–Crippen LogP) is 5.53. The van der Waals surface area contributed by atoms with Crippen LogP contribution in [0, 0.1) is 5.41 Å². The van der Waals surface area contributed by atoms with Crippen molar-refractivity contribution < 1.29 is 23.7 Å². The van der Waals surface area contributed by atoms with Crippen molar-refractivity contribution in [2.75, 3.05) is 20.8 Å². The second-order valence-corrected chi connectivity index (χ2v) is 9.53. The van der Waals surface area contributed by atoms with Crippen LogP contribution < -0.4 is 9.47 Å². The first-order chi connectivity index (χ1) is 14.8. The largest absolute Gasteiger partial charge is 0.492 e. The number of benzene rings is 2. The van der Waals surface area contributed by atoms with Crippen molar-refractivity contribution in [1.82, 2.24) is 0 Å². The number of hydrogen-bond acceptors (Lipinski definition) is 5. The minimum atomic E-state index is -0.218. The highest BCUT2D eigenvalue weighted by Crippen LogP contribution is 2.45. The zero-order valence-electron chi connectivity index (χ0n) is 19.1. The fourth-order valence-corrected chi connectivity index (χ4v) is 4.91. The maximum atomic E-state index is 11.6. The lowest BCUT2D eigenvalue weighted by Crippen LogP contribution is -2.21. The lowest BCUT2D eigenvalue weighted by molar-refractivity contribution is -0.141. The maximum Gasteiger partial charge on any atom is 0.306 e. The molecule has 1 aliphatic heterocycles. The smallest absolute Gasteiger partial charge is 0.306 e. The van der Waals surface area contributed by atoms with E-state index in [1.54, 1.807) is 7.11 Å². The van der Waals surface area contributed by atoms with Gasteiger partial charge in [0.2, 0.25) is 0 Å². The first-order valence-corrected chi connectivity index (χ1v) is 11.0. The molecule has 0 aromatic heterocycles. The number of carbonyl (C=O) groups is 1. The SMILES string of the molecule is COC(=O)CC1COc2cc(OC3CCc4c3cccc4C(OC)C(C)(C)C)ccc21. The van der Waals surface area contributed by atoms with Crippen LogP contribution in [0.5, 0.6) is 11.5 Å². The highest BCUT2D eigenvalue weighted by molar-refractivity contribution is 5.71. The van der Waals surface area contributed by atoms with E-state index in [0.717, 1.165) is 29.9 Å². The van der Waals surface area contributed by atoms with Crippen LogP contribution in [0.3, 0.4) is 0 Å². The van der Waals surface area contributed by atoms with Gasteiger partial charge in [-0.25, -0.2) is 0 Å². The molecule has 5 heteroatoms. The first-order valence-electron chi connectivity index (χ1n) is 11.0. The summed E-state index contributed by atoms with van der Waals surface area (Å²) >= 11 is 0. The average molecular weight is 425 g/mol. The van der Waals surface area contributed by atoms with E-state index in [0.29, 0.717) is 13.0 Å². The summed E-state index contributed by atoms with van der Waals surface area (Å²) in [4.78, 5) is 11.6. The van der Waals surface area contributed by atoms with Gasteiger partial charge >= 0.3 is 5.97 Å². The molecule has 2 aromatic rings. The number of fused-ring (bicyclic) bond motifs is 2. The van der Waals surface area contributed by atoms with Crippen molar-refractivity contribution in [3.8, 4) is 11.5 Å². The molecule has 2 aromatic carbocycles. The van der Waals surface area contributed by atoms with E-state index in [4.69, 9.17) is 18.9 Å². The molecular weight excluding hydrogens is 392 g/mol. The Hall–Kier alpha value is -2.53. The van der Waals surface area contributed by atoms with Gasteiger partial charge < -0.3 is 18.9 Å². The van der Waals surface area contributed by atoms with Gasteiger partial charge in [0.25, 0.3) is 0 Å². The van der Waals surface area contributed by atoms with E-state index in [2.05, 4.69) is 39.0 Å². The Morgan fingerprint density at radius 1 is 1.16 bits per heavy atom. The minimum Gasteiger partial charge on any atom is -0.492 e. The minimum absolute atomic E-state index is 0.0118. The summed E-state index contributed by atoms with van der Waals surface area (Å²) < 4.78 is 22.9. The number of ether oxygens (including phenoxy) is 4. The summed E-state index contributed by atoms with van der Waals surface area (Å²) in [7, 11) is 3.20. The Labute approximate surface area is 184 Å². The normalized spacial score (nSPS) is 20.5. The number of hydrogen-bond donors (Lipinski definition) is 0. The molecule has 2 aliphatic rings. The van der Waals surface area contributed by atoms with Crippen LogP contribution in [0.15, 0.2) is 36.4 Å². The molecule has 1 aliphatic carbocycles. The van der Waals surface area contributed by atoms with Gasteiger partial charge in [-0.3, -0.25) is 4.79 Å². The Balaban J connectivity index is 1.53. The van der Waals surface area contributed by atoms with Crippen LogP contribution in [0.1, 0.15) is 74.0 Å². The highest BCUT2D eigenvalue weighted by atomic mass is 16.5. The van der Waals surface area contributed by atoms with Crippen molar-refractivity contribution in [2.24, 2.45) is 5.41 Å². The summed E-state index contributed by atoms with van der Waals surface area (Å²) in [6.07, 6.45) is 2.31. The summed E-state index contributed by atoms with van der Waals surface area (Å²) in [5, 5.41) is 0. The summed E-state index contributed by atoms with van der Waals surface area (Å²) in [5.74, 6) is 1.41. The van der Waals surface area contributed by atoms with Crippen molar-refractivity contribution >= 4 is 5.97 Å². The lowest BCUT2D eigenvalue weighted by atomic mass is 9.82. The van der Waals surface area contributed by atoms with Crippen LogP contribution in [-0.4, -0.2) is 26.8 Å². The molecule has 0 saturated heterocycles. The van der Waals surface area contributed by atoms with E-state index in [9.17, 15) is 4.79 Å². The molecule has 0 amide bonds. The number of rotatable bonds is 6. The highest BCUT2D eigenvalue weighted by Gasteiger charge is 2.33. The topological polar surface area (TPSA) is 54.0 Å². The second-order valence-electron chi connectivity index (χ2n) is 9.53. The summed E-state index contributed by atoms with van der Waals surface area (Å²) in [6, 6.07) is 12.4. The molecule has 4 rings (SSSR count). The van der Waals surface area contributed by atoms with Gasteiger partial charge in [-0.05, 0) is 41.0 Å². The van der Waals surface area contributed by atoms with E-state index in [1.165, 1.54) is 23.8 Å². The molecule has 3 atom stereocenters. The average Bonchev–Trinajstić information content (AvgIpc) is 3.32. The van der Waals surface area contributed by atoms with Crippen LogP contribution in [-0.2, 0) is 20.7 Å². The van der Waals surface area contributed by atoms with Gasteiger partial charge in [-0.1, -0.05) is 45.0 Å². The van der Waals surface area contributed by atoms with Crippen molar-refractivity contribution in [2.45, 2.75) is 58.2 Å². The third kappa shape index (κ3) is 4.29. The second kappa shape index (κ2) is 8.54. The Bertz CT molecular complexity index is 959. The Morgan fingerprint density at radius 2 is 1.97 bits per heavy atom. The third-order valence-corrected chi connectivity index (χ3v) is 6.34. The van der Waals surface area contributed by atoms with E-state index in [1.807, 2.05) is 18.2 Å². The molecule has 1 heterocycles. The Morgan fingerprint density at radius 3 is 2.68 bits per heavy atom. The van der Waals surface area contributed by atoms with Gasteiger partial charge in [-0.2, -0.15) is 0 Å². The first kappa shape index (κ1) is 21.7. The van der Waals surface area contributed by atoms with E-state index < -0.39 is 0 Å². The van der Waals surface area contributed by atoms with Crippen LogP contribution in [0.4, 0.5) is 0 Å². The standard InChI is InChI=1S/C26H32O5/c1-26(2,3)25(29-5)21-8-6-7-20-19(21)11-12-22(20)31-17-9-10-18-16(13-24(27)28-4)15-30-23(18)14-17/h6-10,14,16,22,25H,11-13,15H2,1-5H3. The van der Waals surface area contributed by atoms with Crippen molar-refractivity contribution in [3.05, 3.63) is 58.7 Å². The van der Waals surface area contributed by atoms with Gasteiger partial charge in [-0.15, -0.1) is 0 Å². The predicted molar refractivity (Wildman–Crippen MR) is 119 cm³/mol. The zero-order valence-corrected chi connectivity index (χ0v) is 19.1. The molecule has 166 valence electrons. The summed E-state index contributed by atoms with van der Waals surface area (Å²) in [5.41, 5.74) is 4.92. The summed E-state index contributed by atoms with van der Waals surface area (Å²) in [6.45, 7) is 7.12. The van der Waals surface area contributed by atoms with Gasteiger partial charge in [0.1, 0.15) is 17.6 Å². The van der Waals surface area contributed by atoms with Crippen LogP contribution in [0.2, 0.25) is 0 Å². The molecule has 0 N–H and O–H groups in total. The molecule has 0 fully saturated rings. The molecule has 0 bridgehead atoms. The third-order valence-electron chi connectivity index (χ3n) is 6.34. The number of carbonyl (C=O) groups excluding carboxylic acids is 1. The van der Waals surface area contributed by atoms with E-state index >= 15 is 0 Å². The van der Waals surface area contributed by atoms with Gasteiger partial charge in [0.15, 0.2) is 0 Å². The van der Waals surface area contributed by atoms with Crippen molar-refractivity contribution in [3.63, 3.8) is 0 Å². The molecular formula is C26H32O5. The molecule has 0 spiro atoms.